The molecule has 1 aliphatic carbocycles. The molecule has 0 atom stereocenters. The molecule has 0 saturated heterocycles. The highest BCUT2D eigenvalue weighted by Gasteiger charge is 2.19. The molecule has 0 amide bonds. The third-order valence-electron chi connectivity index (χ3n) is 5.09. The molecule has 1 fully saturated rings. The van der Waals surface area contributed by atoms with E-state index in [-0.39, 0.29) is 11.1 Å². The fraction of sp³-hybridized carbons (Fsp3) is 0.455. The molecule has 1 saturated carbocycles. The van der Waals surface area contributed by atoms with Crippen LogP contribution in [0.15, 0.2) is 35.1 Å². The lowest BCUT2D eigenvalue weighted by atomic mass is 9.89. The van der Waals surface area contributed by atoms with E-state index in [1.54, 1.807) is 0 Å². The molecule has 0 N–H and O–H groups in total. The van der Waals surface area contributed by atoms with Crippen molar-refractivity contribution in [3.63, 3.8) is 0 Å². The number of nitriles is 1. The summed E-state index contributed by atoms with van der Waals surface area (Å²) < 4.78 is 11.3. The third kappa shape index (κ3) is 4.40. The van der Waals surface area contributed by atoms with Gasteiger partial charge in [-0.2, -0.15) is 5.26 Å². The Balaban J connectivity index is 0.00000117. The summed E-state index contributed by atoms with van der Waals surface area (Å²) in [5.74, 6) is 0.536. The molecule has 0 unspecified atom stereocenters. The van der Waals surface area contributed by atoms with Crippen LogP contribution in [0, 0.1) is 31.1 Å². The minimum absolute atomic E-state index is 0.139. The number of pyridine rings is 1. The third-order valence-corrected chi connectivity index (χ3v) is 5.09. The van der Waals surface area contributed by atoms with E-state index >= 15 is 0 Å². The first-order chi connectivity index (χ1) is 12.6. The zero-order valence-electron chi connectivity index (χ0n) is 15.9. The van der Waals surface area contributed by atoms with Gasteiger partial charge in [-0.1, -0.05) is 43.0 Å². The second kappa shape index (κ2) is 9.33. The van der Waals surface area contributed by atoms with Crippen molar-refractivity contribution in [1.29, 1.82) is 5.26 Å². The number of alkyl halides is 1. The highest BCUT2D eigenvalue weighted by Crippen LogP contribution is 2.28. The number of hydrogen-bond donors (Lipinski definition) is 0. The molecule has 3 rings (SSSR count). The van der Waals surface area contributed by atoms with E-state index in [0.29, 0.717) is 13.1 Å². The Morgan fingerprint density at radius 1 is 1.15 bits per heavy atom. The first-order valence-corrected chi connectivity index (χ1v) is 9.19. The van der Waals surface area contributed by atoms with E-state index in [4.69, 9.17) is 0 Å². The van der Waals surface area contributed by atoms with Crippen LogP contribution in [0.1, 0.15) is 48.8 Å². The van der Waals surface area contributed by atoms with Gasteiger partial charge in [-0.3, -0.25) is 9.18 Å². The van der Waals surface area contributed by atoms with E-state index in [1.807, 2.05) is 29.7 Å². The van der Waals surface area contributed by atoms with E-state index in [1.165, 1.54) is 37.7 Å². The Morgan fingerprint density at radius 2 is 1.85 bits per heavy atom. The molecule has 4 heteroatoms. The molecule has 1 aromatic carbocycles. The number of nitrogens with zero attached hydrogens (tertiary/aromatic N) is 2. The average Bonchev–Trinajstić information content (AvgIpc) is 2.66. The van der Waals surface area contributed by atoms with Crippen LogP contribution in [0.2, 0.25) is 0 Å². The van der Waals surface area contributed by atoms with Gasteiger partial charge in [0.25, 0.3) is 5.56 Å². The van der Waals surface area contributed by atoms with Crippen LogP contribution in [0.25, 0.3) is 11.3 Å². The zero-order chi connectivity index (χ0) is 19.1. The zero-order valence-corrected chi connectivity index (χ0v) is 15.9. The van der Waals surface area contributed by atoms with E-state index in [0.717, 1.165) is 23.4 Å². The van der Waals surface area contributed by atoms with Crippen LogP contribution >= 0.6 is 0 Å². The molecular weight excluding hydrogens is 327 g/mol. The van der Waals surface area contributed by atoms with Crippen molar-refractivity contribution >= 4 is 0 Å². The maximum atomic E-state index is 12.9. The van der Waals surface area contributed by atoms with Crippen LogP contribution in [0.4, 0.5) is 4.39 Å². The highest BCUT2D eigenvalue weighted by atomic mass is 19.1. The molecule has 0 bridgehead atoms. The topological polar surface area (TPSA) is 45.8 Å². The lowest BCUT2D eigenvalue weighted by molar-refractivity contribution is 0.317. The Hall–Kier alpha value is -2.41. The fourth-order valence-corrected chi connectivity index (χ4v) is 3.76. The van der Waals surface area contributed by atoms with Crippen molar-refractivity contribution in [2.24, 2.45) is 5.92 Å². The second-order valence-corrected chi connectivity index (χ2v) is 6.99. The predicted molar refractivity (Wildman–Crippen MR) is 104 cm³/mol. The monoisotopic (exact) mass is 354 g/mol. The minimum Gasteiger partial charge on any atom is -0.307 e. The average molecular weight is 354 g/mol. The number of halogens is 1. The summed E-state index contributed by atoms with van der Waals surface area (Å²) in [5.41, 5.74) is 4.06. The van der Waals surface area contributed by atoms with Crippen molar-refractivity contribution in [2.45, 2.75) is 52.5 Å². The van der Waals surface area contributed by atoms with Gasteiger partial charge in [0.1, 0.15) is 11.6 Å². The first-order valence-electron chi connectivity index (χ1n) is 9.19. The molecule has 26 heavy (non-hydrogen) atoms. The van der Waals surface area contributed by atoms with Gasteiger partial charge in [-0.05, 0) is 55.9 Å². The number of benzene rings is 1. The van der Waals surface area contributed by atoms with Gasteiger partial charge >= 0.3 is 0 Å². The molecule has 2 aromatic rings. The number of rotatable bonds is 3. The summed E-state index contributed by atoms with van der Waals surface area (Å²) >= 11 is 0. The van der Waals surface area contributed by atoms with E-state index < -0.39 is 0 Å². The van der Waals surface area contributed by atoms with Gasteiger partial charge in [0, 0.05) is 6.54 Å². The highest BCUT2D eigenvalue weighted by molar-refractivity contribution is 5.62. The van der Waals surface area contributed by atoms with Crippen LogP contribution in [0.3, 0.4) is 0 Å². The lowest BCUT2D eigenvalue weighted by Crippen LogP contribution is -2.29. The number of aryl methyl sites for hydroxylation is 2. The summed E-state index contributed by atoms with van der Waals surface area (Å²) in [5, 5.41) is 9.37. The summed E-state index contributed by atoms with van der Waals surface area (Å²) in [4.78, 5) is 12.9. The van der Waals surface area contributed by atoms with Crippen molar-refractivity contribution in [3.05, 3.63) is 57.4 Å². The summed E-state index contributed by atoms with van der Waals surface area (Å²) in [7, 11) is 0.500. The van der Waals surface area contributed by atoms with Crippen molar-refractivity contribution in [2.75, 3.05) is 7.18 Å². The number of aromatic nitrogens is 1. The van der Waals surface area contributed by atoms with Crippen LogP contribution in [-0.2, 0) is 6.54 Å². The van der Waals surface area contributed by atoms with Crippen molar-refractivity contribution in [3.8, 4) is 17.3 Å². The normalized spacial score (nSPS) is 14.3. The Kier molecular flexibility index (Phi) is 7.15. The quantitative estimate of drug-likeness (QED) is 0.763. The van der Waals surface area contributed by atoms with Crippen molar-refractivity contribution < 1.29 is 4.39 Å². The van der Waals surface area contributed by atoms with Crippen LogP contribution in [-0.4, -0.2) is 11.7 Å². The first kappa shape index (κ1) is 19.9. The molecule has 0 aliphatic heterocycles. The molecular formula is C22H27FN2O. The standard InChI is InChI=1S/C21H24N2O.CH3F/c1-15-7-6-10-18(11-15)20-12-16(2)19(13-22)21(24)23(20)14-17-8-4-3-5-9-17;1-2/h6-7,10-12,17H,3-5,8-9,14H2,1-2H3;1H3. The molecule has 138 valence electrons. The molecule has 1 aliphatic rings. The summed E-state index contributed by atoms with van der Waals surface area (Å²) in [6, 6.07) is 12.3. The Labute approximate surface area is 155 Å². The lowest BCUT2D eigenvalue weighted by Gasteiger charge is -2.24. The Morgan fingerprint density at radius 3 is 2.46 bits per heavy atom. The fourth-order valence-electron chi connectivity index (χ4n) is 3.76. The van der Waals surface area contributed by atoms with Crippen molar-refractivity contribution in [1.82, 2.24) is 4.57 Å². The molecule has 1 aromatic heterocycles. The van der Waals surface area contributed by atoms with E-state index in [2.05, 4.69) is 25.1 Å². The smallest absolute Gasteiger partial charge is 0.269 e. The van der Waals surface area contributed by atoms with E-state index in [9.17, 15) is 14.4 Å². The molecule has 3 nitrogen and oxygen atoms in total. The van der Waals surface area contributed by atoms with Gasteiger partial charge in [-0.25, -0.2) is 0 Å². The number of hydrogen-bond acceptors (Lipinski definition) is 2. The predicted octanol–water partition coefficient (Wildman–Crippen LogP) is 5.17. The van der Waals surface area contributed by atoms with Gasteiger partial charge in [0.15, 0.2) is 0 Å². The largest absolute Gasteiger partial charge is 0.307 e. The molecule has 1 heterocycles. The van der Waals surface area contributed by atoms with Gasteiger partial charge in [-0.15, -0.1) is 0 Å². The Bertz CT molecular complexity index is 842. The van der Waals surface area contributed by atoms with Gasteiger partial charge in [0.2, 0.25) is 0 Å². The second-order valence-electron chi connectivity index (χ2n) is 6.99. The molecule has 0 spiro atoms. The van der Waals surface area contributed by atoms with Crippen LogP contribution in [0.5, 0.6) is 0 Å². The summed E-state index contributed by atoms with van der Waals surface area (Å²) in [6.45, 7) is 4.63. The maximum absolute atomic E-state index is 12.9. The minimum atomic E-state index is -0.139. The summed E-state index contributed by atoms with van der Waals surface area (Å²) in [6.07, 6.45) is 6.14. The maximum Gasteiger partial charge on any atom is 0.269 e. The molecule has 0 radical (unpaired) electrons. The van der Waals surface area contributed by atoms with Crippen LogP contribution < -0.4 is 5.56 Å². The SMILES string of the molecule is CF.Cc1cccc(-c2cc(C)c(C#N)c(=O)n2CC2CCCCC2)c1. The van der Waals surface area contributed by atoms with Gasteiger partial charge in [0.05, 0.1) is 12.9 Å². The van der Waals surface area contributed by atoms with Gasteiger partial charge < -0.3 is 4.57 Å².